The maximum absolute atomic E-state index is 13.8. The third kappa shape index (κ3) is 5.53. The summed E-state index contributed by atoms with van der Waals surface area (Å²) in [6.07, 6.45) is 0.560. The van der Waals surface area contributed by atoms with Gasteiger partial charge in [0.1, 0.15) is 0 Å². The Hall–Kier alpha value is -4.45. The zero-order valence-electron chi connectivity index (χ0n) is 15.4. The Morgan fingerprint density at radius 1 is 0.933 bits per heavy atom. The molecule has 0 radical (unpaired) electrons. The molecule has 2 aromatic rings. The molecule has 2 aromatic carbocycles. The Labute approximate surface area is 169 Å². The molecule has 0 amide bonds. The number of benzene rings is 2. The number of anilines is 1. The second-order valence-electron chi connectivity index (χ2n) is 5.83. The first-order valence-electron chi connectivity index (χ1n) is 8.50. The smallest absolute Gasteiger partial charge is 0.311 e. The molecule has 0 saturated heterocycles. The number of azo groups is 1. The average Bonchev–Trinajstić information content (AvgIpc) is 2.72. The molecule has 152 valence electrons. The molecule has 30 heavy (non-hydrogen) atoms. The van der Waals surface area contributed by atoms with E-state index < -0.39 is 32.7 Å². The van der Waals surface area contributed by atoms with Crippen LogP contribution in [0.1, 0.15) is 12.8 Å². The molecule has 0 bridgehead atoms. The average molecular weight is 411 g/mol. The number of rotatable bonds is 9. The fourth-order valence-electron chi connectivity index (χ4n) is 2.49. The van der Waals surface area contributed by atoms with Crippen molar-refractivity contribution in [1.29, 1.82) is 10.5 Å². The third-order valence-corrected chi connectivity index (χ3v) is 3.91. The van der Waals surface area contributed by atoms with Gasteiger partial charge < -0.3 is 4.90 Å². The number of nitriles is 2. The van der Waals surface area contributed by atoms with Gasteiger partial charge in [-0.15, -0.1) is 5.11 Å². The minimum atomic E-state index is -1.26. The van der Waals surface area contributed by atoms with Crippen LogP contribution in [0.4, 0.5) is 32.8 Å². The lowest BCUT2D eigenvalue weighted by Crippen LogP contribution is -2.25. The predicted octanol–water partition coefficient (Wildman–Crippen LogP) is 4.69. The molecule has 2 rings (SSSR count). The highest BCUT2D eigenvalue weighted by Gasteiger charge is 2.24. The van der Waals surface area contributed by atoms with Crippen molar-refractivity contribution in [3.8, 4) is 12.1 Å². The molecule has 0 heterocycles. The molecular formula is C18H14FN7O4. The van der Waals surface area contributed by atoms with Gasteiger partial charge in [-0.1, -0.05) is 0 Å². The van der Waals surface area contributed by atoms with Gasteiger partial charge in [0.05, 0.1) is 46.6 Å². The molecule has 0 aromatic heterocycles. The highest BCUT2D eigenvalue weighted by molar-refractivity contribution is 5.62. The van der Waals surface area contributed by atoms with E-state index in [1.807, 2.05) is 17.0 Å². The lowest BCUT2D eigenvalue weighted by Gasteiger charge is -2.22. The first-order valence-corrected chi connectivity index (χ1v) is 8.50. The summed E-state index contributed by atoms with van der Waals surface area (Å²) in [6, 6.07) is 11.6. The Balaban J connectivity index is 2.27. The molecule has 12 heteroatoms. The lowest BCUT2D eigenvalue weighted by atomic mass is 10.2. The largest absolute Gasteiger partial charge is 0.369 e. The zero-order valence-corrected chi connectivity index (χ0v) is 15.4. The highest BCUT2D eigenvalue weighted by atomic mass is 19.1. The number of halogens is 1. The van der Waals surface area contributed by atoms with Crippen LogP contribution in [0.3, 0.4) is 0 Å². The van der Waals surface area contributed by atoms with Gasteiger partial charge in [0.15, 0.2) is 5.69 Å². The van der Waals surface area contributed by atoms with Crippen LogP contribution in [0.5, 0.6) is 0 Å². The first-order chi connectivity index (χ1) is 14.4. The van der Waals surface area contributed by atoms with Gasteiger partial charge in [0, 0.05) is 24.8 Å². The molecule has 0 fully saturated rings. The molecule has 0 aliphatic rings. The molecule has 11 nitrogen and oxygen atoms in total. The van der Waals surface area contributed by atoms with Crippen LogP contribution in [0.25, 0.3) is 0 Å². The quantitative estimate of drug-likeness (QED) is 0.328. The Morgan fingerprint density at radius 2 is 1.50 bits per heavy atom. The van der Waals surface area contributed by atoms with Crippen LogP contribution in [0.15, 0.2) is 46.6 Å². The molecule has 0 N–H and O–H groups in total. The van der Waals surface area contributed by atoms with E-state index in [0.29, 0.717) is 30.9 Å². The van der Waals surface area contributed by atoms with Crippen molar-refractivity contribution in [2.45, 2.75) is 12.8 Å². The monoisotopic (exact) mass is 411 g/mol. The van der Waals surface area contributed by atoms with Gasteiger partial charge in [0.25, 0.3) is 0 Å². The Morgan fingerprint density at radius 3 is 2.00 bits per heavy atom. The summed E-state index contributed by atoms with van der Waals surface area (Å²) in [4.78, 5) is 21.8. The van der Waals surface area contributed by atoms with Gasteiger partial charge in [-0.25, -0.2) is 0 Å². The fourth-order valence-corrected chi connectivity index (χ4v) is 2.49. The number of hydrogen-bond acceptors (Lipinski definition) is 9. The summed E-state index contributed by atoms with van der Waals surface area (Å²) >= 11 is 0. The normalized spacial score (nSPS) is 10.4. The van der Waals surface area contributed by atoms with Crippen molar-refractivity contribution in [3.05, 3.63) is 62.4 Å². The van der Waals surface area contributed by atoms with Crippen LogP contribution in [0.2, 0.25) is 0 Å². The topological polar surface area (TPSA) is 162 Å². The summed E-state index contributed by atoms with van der Waals surface area (Å²) in [5, 5.41) is 46.9. The van der Waals surface area contributed by atoms with Gasteiger partial charge in [-0.05, 0) is 24.3 Å². The number of nitro groups is 2. The Bertz CT molecular complexity index is 1040. The SMILES string of the molecule is N#CCCN(CCC#N)c1ccc(N=Nc2cc(F)c([N+](=O)[O-])cc2[N+](=O)[O-])cc1. The van der Waals surface area contributed by atoms with Crippen LogP contribution < -0.4 is 4.90 Å². The highest BCUT2D eigenvalue weighted by Crippen LogP contribution is 2.35. The van der Waals surface area contributed by atoms with Crippen LogP contribution in [-0.4, -0.2) is 22.9 Å². The zero-order chi connectivity index (χ0) is 22.1. The predicted molar refractivity (Wildman–Crippen MR) is 103 cm³/mol. The van der Waals surface area contributed by atoms with E-state index in [-0.39, 0.29) is 12.8 Å². The van der Waals surface area contributed by atoms with Crippen molar-refractivity contribution in [1.82, 2.24) is 0 Å². The van der Waals surface area contributed by atoms with E-state index in [2.05, 4.69) is 10.2 Å². The maximum Gasteiger partial charge on any atom is 0.311 e. The summed E-state index contributed by atoms with van der Waals surface area (Å²) in [5.74, 6) is -1.26. The van der Waals surface area contributed by atoms with Gasteiger partial charge in [-0.3, -0.25) is 20.2 Å². The molecule has 0 atom stereocenters. The van der Waals surface area contributed by atoms with Crippen molar-refractivity contribution in [3.63, 3.8) is 0 Å². The molecule has 0 spiro atoms. The van der Waals surface area contributed by atoms with Crippen molar-refractivity contribution < 1.29 is 14.2 Å². The minimum Gasteiger partial charge on any atom is -0.369 e. The van der Waals surface area contributed by atoms with E-state index >= 15 is 0 Å². The number of nitro benzene ring substituents is 2. The number of hydrogen-bond donors (Lipinski definition) is 0. The summed E-state index contributed by atoms with van der Waals surface area (Å²) in [6.45, 7) is 0.876. The van der Waals surface area contributed by atoms with E-state index in [9.17, 15) is 24.6 Å². The van der Waals surface area contributed by atoms with Gasteiger partial charge in [-0.2, -0.15) is 20.0 Å². The van der Waals surface area contributed by atoms with Crippen molar-refractivity contribution in [2.24, 2.45) is 10.2 Å². The summed E-state index contributed by atoms with van der Waals surface area (Å²) in [5.41, 5.74) is -1.20. The van der Waals surface area contributed by atoms with E-state index in [4.69, 9.17) is 10.5 Å². The molecular weight excluding hydrogens is 397 g/mol. The first kappa shape index (κ1) is 21.8. The molecule has 0 unspecified atom stereocenters. The Kier molecular flexibility index (Phi) is 7.42. The molecule has 0 aliphatic heterocycles. The summed E-state index contributed by atoms with van der Waals surface area (Å²) in [7, 11) is 0. The van der Waals surface area contributed by atoms with Gasteiger partial charge in [0.2, 0.25) is 5.82 Å². The van der Waals surface area contributed by atoms with E-state index in [1.165, 1.54) is 0 Å². The molecule has 0 aliphatic carbocycles. The lowest BCUT2D eigenvalue weighted by molar-refractivity contribution is -0.395. The standard InChI is InChI=1S/C18H14FN7O4/c19-15-11-16(18(26(29)30)12-17(15)25(27)28)23-22-13-3-5-14(6-4-13)24(9-1-7-20)10-2-8-21/h3-6,11-12H,1-2,9-10H2. The summed E-state index contributed by atoms with van der Waals surface area (Å²) < 4.78 is 13.8. The second kappa shape index (κ2) is 10.2. The van der Waals surface area contributed by atoms with Crippen LogP contribution in [-0.2, 0) is 0 Å². The molecule has 0 saturated carbocycles. The van der Waals surface area contributed by atoms with Crippen LogP contribution in [0, 0.1) is 48.7 Å². The second-order valence-corrected chi connectivity index (χ2v) is 5.83. The minimum absolute atomic E-state index is 0.280. The van der Waals surface area contributed by atoms with E-state index in [1.54, 1.807) is 24.3 Å². The van der Waals surface area contributed by atoms with Gasteiger partial charge >= 0.3 is 11.4 Å². The van der Waals surface area contributed by atoms with Crippen LogP contribution >= 0.6 is 0 Å². The van der Waals surface area contributed by atoms with Crippen molar-refractivity contribution in [2.75, 3.05) is 18.0 Å². The van der Waals surface area contributed by atoms with E-state index in [0.717, 1.165) is 5.69 Å². The maximum atomic E-state index is 13.8. The fraction of sp³-hybridized carbons (Fsp3) is 0.222. The third-order valence-electron chi connectivity index (χ3n) is 3.91. The van der Waals surface area contributed by atoms with Crippen molar-refractivity contribution >= 4 is 28.4 Å². The number of nitrogens with zero attached hydrogens (tertiary/aromatic N) is 7.